The van der Waals surface area contributed by atoms with E-state index in [4.69, 9.17) is 4.74 Å². The molecule has 1 N–H and O–H groups in total. The van der Waals surface area contributed by atoms with Crippen molar-refractivity contribution in [3.8, 4) is 0 Å². The van der Waals surface area contributed by atoms with Crippen molar-refractivity contribution in [2.45, 2.75) is 39.6 Å². The second-order valence-electron chi connectivity index (χ2n) is 5.69. The smallest absolute Gasteiger partial charge is 0.433 e. The number of aromatic nitrogens is 4. The molecule has 26 heavy (non-hydrogen) atoms. The summed E-state index contributed by atoms with van der Waals surface area (Å²) in [4.78, 5) is 24.4. The minimum atomic E-state index is -4.64. The Morgan fingerprint density at radius 1 is 1.31 bits per heavy atom. The highest BCUT2D eigenvalue weighted by Gasteiger charge is 2.36. The number of carbonyl (C=O) groups is 2. The van der Waals surface area contributed by atoms with E-state index in [9.17, 15) is 22.8 Å². The van der Waals surface area contributed by atoms with Gasteiger partial charge in [-0.2, -0.15) is 23.4 Å². The Morgan fingerprint density at radius 3 is 2.46 bits per heavy atom. The second-order valence-corrected chi connectivity index (χ2v) is 5.69. The van der Waals surface area contributed by atoms with Gasteiger partial charge in [0.15, 0.2) is 11.4 Å². The molecule has 0 spiro atoms. The minimum absolute atomic E-state index is 0.0294. The molecular formula is C15H18F3N5O3. The Balaban J connectivity index is 2.29. The maximum atomic E-state index is 12.8. The van der Waals surface area contributed by atoms with Gasteiger partial charge in [-0.1, -0.05) is 0 Å². The van der Waals surface area contributed by atoms with E-state index in [-0.39, 0.29) is 11.4 Å². The number of halogens is 3. The van der Waals surface area contributed by atoms with Crippen LogP contribution in [0.25, 0.3) is 0 Å². The molecule has 0 aromatic carbocycles. The van der Waals surface area contributed by atoms with E-state index in [0.29, 0.717) is 17.3 Å². The fourth-order valence-electron chi connectivity index (χ4n) is 2.13. The number of anilines is 1. The first kappa shape index (κ1) is 19.5. The first-order valence-electron chi connectivity index (χ1n) is 7.74. The van der Waals surface area contributed by atoms with E-state index in [0.717, 1.165) is 7.05 Å². The molecule has 11 heteroatoms. The highest BCUT2D eigenvalue weighted by molar-refractivity contribution is 6.06. The number of ether oxygens (including phenoxy) is 1. The number of alkyl halides is 3. The molecule has 0 aliphatic carbocycles. The van der Waals surface area contributed by atoms with Crippen molar-refractivity contribution < 1.29 is 27.5 Å². The van der Waals surface area contributed by atoms with Crippen LogP contribution in [0.4, 0.5) is 18.9 Å². The van der Waals surface area contributed by atoms with E-state index < -0.39 is 35.5 Å². The van der Waals surface area contributed by atoms with Crippen LogP contribution >= 0.6 is 0 Å². The van der Waals surface area contributed by atoms with Crippen LogP contribution in [0.5, 0.6) is 0 Å². The van der Waals surface area contributed by atoms with E-state index >= 15 is 0 Å². The fraction of sp³-hybridized carbons (Fsp3) is 0.467. The lowest BCUT2D eigenvalue weighted by molar-refractivity contribution is -0.143. The summed E-state index contributed by atoms with van der Waals surface area (Å²) in [7, 11) is 1.08. The number of rotatable bonds is 5. The Kier molecular flexibility index (Phi) is 5.38. The first-order chi connectivity index (χ1) is 12.0. The normalized spacial score (nSPS) is 11.7. The molecule has 0 atom stereocenters. The van der Waals surface area contributed by atoms with Crippen LogP contribution < -0.4 is 5.32 Å². The molecule has 0 saturated heterocycles. The van der Waals surface area contributed by atoms with Crippen LogP contribution in [-0.2, 0) is 24.5 Å². The van der Waals surface area contributed by atoms with Gasteiger partial charge in [0, 0.05) is 25.9 Å². The number of carbonyl (C=O) groups excluding carboxylic acids is 2. The van der Waals surface area contributed by atoms with Crippen LogP contribution in [0.15, 0.2) is 12.3 Å². The summed E-state index contributed by atoms with van der Waals surface area (Å²) in [6, 6.07) is 0.631. The Labute approximate surface area is 146 Å². The molecule has 2 rings (SSSR count). The van der Waals surface area contributed by atoms with Gasteiger partial charge >= 0.3 is 12.1 Å². The van der Waals surface area contributed by atoms with Crippen LogP contribution in [0.3, 0.4) is 0 Å². The van der Waals surface area contributed by atoms with Crippen LogP contribution in [0.2, 0.25) is 0 Å². The molecule has 0 aliphatic rings. The highest BCUT2D eigenvalue weighted by Crippen LogP contribution is 2.29. The molecule has 2 aromatic rings. The molecule has 0 bridgehead atoms. The monoisotopic (exact) mass is 373 g/mol. The van der Waals surface area contributed by atoms with Crippen LogP contribution in [0, 0.1) is 0 Å². The highest BCUT2D eigenvalue weighted by atomic mass is 19.4. The molecule has 8 nitrogen and oxygen atoms in total. The van der Waals surface area contributed by atoms with Gasteiger partial charge in [-0.3, -0.25) is 14.2 Å². The van der Waals surface area contributed by atoms with Gasteiger partial charge in [0.1, 0.15) is 5.69 Å². The number of amides is 1. The largest absolute Gasteiger partial charge is 0.458 e. The van der Waals surface area contributed by atoms with Crippen molar-refractivity contribution in [3.05, 3.63) is 29.3 Å². The molecule has 2 heterocycles. The number of hydrogen-bond donors (Lipinski definition) is 1. The summed E-state index contributed by atoms with van der Waals surface area (Å²) in [5, 5.41) is 9.94. The molecule has 0 saturated carbocycles. The summed E-state index contributed by atoms with van der Waals surface area (Å²) >= 11 is 0. The molecule has 1 amide bonds. The summed E-state index contributed by atoms with van der Waals surface area (Å²) in [6.07, 6.45) is -3.65. The van der Waals surface area contributed by atoms with Crippen molar-refractivity contribution >= 4 is 17.6 Å². The predicted molar refractivity (Wildman–Crippen MR) is 84.6 cm³/mol. The third-order valence-corrected chi connectivity index (χ3v) is 3.27. The molecular weight excluding hydrogens is 355 g/mol. The first-order valence-corrected chi connectivity index (χ1v) is 7.74. The third-order valence-electron chi connectivity index (χ3n) is 3.27. The number of esters is 1. The van der Waals surface area contributed by atoms with Gasteiger partial charge in [-0.15, -0.1) is 0 Å². The minimum Gasteiger partial charge on any atom is -0.458 e. The molecule has 0 aliphatic heterocycles. The number of aryl methyl sites for hydroxylation is 2. The quantitative estimate of drug-likeness (QED) is 0.813. The Bertz CT molecular complexity index is 823. The van der Waals surface area contributed by atoms with Crippen molar-refractivity contribution in [1.29, 1.82) is 0 Å². The zero-order chi connectivity index (χ0) is 19.6. The summed E-state index contributed by atoms with van der Waals surface area (Å²) in [6.45, 7) is 5.49. The lowest BCUT2D eigenvalue weighted by Crippen LogP contribution is -2.17. The fourth-order valence-corrected chi connectivity index (χ4v) is 2.13. The molecule has 142 valence electrons. The maximum Gasteiger partial charge on any atom is 0.433 e. The van der Waals surface area contributed by atoms with E-state index in [1.807, 2.05) is 0 Å². The molecule has 0 fully saturated rings. The predicted octanol–water partition coefficient (Wildman–Crippen LogP) is 2.47. The van der Waals surface area contributed by atoms with E-state index in [1.54, 1.807) is 20.8 Å². The molecule has 2 aromatic heterocycles. The van der Waals surface area contributed by atoms with Gasteiger partial charge in [0.05, 0.1) is 11.8 Å². The van der Waals surface area contributed by atoms with Gasteiger partial charge in [0.2, 0.25) is 0 Å². The maximum absolute atomic E-state index is 12.8. The summed E-state index contributed by atoms with van der Waals surface area (Å²) in [5.74, 6) is -1.65. The summed E-state index contributed by atoms with van der Waals surface area (Å²) < 4.78 is 45.5. The van der Waals surface area contributed by atoms with Gasteiger partial charge in [-0.05, 0) is 20.8 Å². The topological polar surface area (TPSA) is 91.0 Å². The van der Waals surface area contributed by atoms with E-state index in [1.165, 1.54) is 10.9 Å². The standard InChI is InChI=1S/C15H18F3N5O3/c1-5-23-7-10(12(21-23)14(25)26-8(2)3)19-13(24)9-6-11(15(16,17)18)22(4)20-9/h6-8H,5H2,1-4H3,(H,19,24). The zero-order valence-electron chi connectivity index (χ0n) is 14.6. The van der Waals surface area contributed by atoms with Crippen LogP contribution in [-0.4, -0.2) is 37.5 Å². The summed E-state index contributed by atoms with van der Waals surface area (Å²) in [5.41, 5.74) is -1.61. The number of nitrogens with one attached hydrogen (secondary N) is 1. The van der Waals surface area contributed by atoms with Gasteiger partial charge < -0.3 is 10.1 Å². The second kappa shape index (κ2) is 7.18. The average Bonchev–Trinajstić information content (AvgIpc) is 3.09. The molecule has 0 radical (unpaired) electrons. The molecule has 0 unspecified atom stereocenters. The lowest BCUT2D eigenvalue weighted by atomic mass is 10.3. The van der Waals surface area contributed by atoms with Crippen molar-refractivity contribution in [3.63, 3.8) is 0 Å². The average molecular weight is 373 g/mol. The number of nitrogens with zero attached hydrogens (tertiary/aromatic N) is 4. The number of hydrogen-bond acceptors (Lipinski definition) is 5. The van der Waals surface area contributed by atoms with Crippen molar-refractivity contribution in [1.82, 2.24) is 19.6 Å². The van der Waals surface area contributed by atoms with Gasteiger partial charge in [0.25, 0.3) is 5.91 Å². The SMILES string of the molecule is CCn1cc(NC(=O)c2cc(C(F)(F)F)n(C)n2)c(C(=O)OC(C)C)n1. The Hall–Kier alpha value is -2.85. The van der Waals surface area contributed by atoms with Gasteiger partial charge in [-0.25, -0.2) is 4.79 Å². The third kappa shape index (κ3) is 4.21. The van der Waals surface area contributed by atoms with Crippen molar-refractivity contribution in [2.24, 2.45) is 7.05 Å². The lowest BCUT2D eigenvalue weighted by Gasteiger charge is -2.07. The van der Waals surface area contributed by atoms with Crippen LogP contribution in [0.1, 0.15) is 47.4 Å². The van der Waals surface area contributed by atoms with E-state index in [2.05, 4.69) is 15.5 Å². The zero-order valence-corrected chi connectivity index (χ0v) is 14.6. The van der Waals surface area contributed by atoms with Crippen molar-refractivity contribution in [2.75, 3.05) is 5.32 Å². The Morgan fingerprint density at radius 2 is 1.96 bits per heavy atom.